The van der Waals surface area contributed by atoms with Crippen molar-refractivity contribution in [2.24, 2.45) is 0 Å². The Hall–Kier alpha value is -3.61. The van der Waals surface area contributed by atoms with Gasteiger partial charge in [0.25, 0.3) is 5.91 Å². The predicted molar refractivity (Wildman–Crippen MR) is 114 cm³/mol. The number of hydrogen-bond acceptors (Lipinski definition) is 6. The summed E-state index contributed by atoms with van der Waals surface area (Å²) >= 11 is 0. The van der Waals surface area contributed by atoms with Crippen molar-refractivity contribution in [3.8, 4) is 0 Å². The van der Waals surface area contributed by atoms with Crippen LogP contribution >= 0.6 is 0 Å². The third-order valence-corrected chi connectivity index (χ3v) is 5.07. The number of ether oxygens (including phenoxy) is 2. The topological polar surface area (TPSA) is 94.8 Å². The summed E-state index contributed by atoms with van der Waals surface area (Å²) < 4.78 is 15.4. The molecule has 1 atom stereocenters. The highest BCUT2D eigenvalue weighted by Gasteiger charge is 2.23. The van der Waals surface area contributed by atoms with Crippen LogP contribution in [0.2, 0.25) is 0 Å². The normalized spacial score (nSPS) is 11.7. The van der Waals surface area contributed by atoms with E-state index in [1.165, 1.54) is 13.4 Å². The minimum atomic E-state index is -0.873. The predicted octanol–water partition coefficient (Wildman–Crippen LogP) is 3.04. The van der Waals surface area contributed by atoms with Gasteiger partial charge in [-0.05, 0) is 42.7 Å². The van der Waals surface area contributed by atoms with Crippen LogP contribution in [0.1, 0.15) is 22.3 Å². The van der Waals surface area contributed by atoms with Crippen LogP contribution in [0.5, 0.6) is 0 Å². The number of carbonyl (C=O) groups excluding carboxylic acids is 3. The Kier molecular flexibility index (Phi) is 7.07. The number of furan rings is 1. The first-order valence-electron chi connectivity index (χ1n) is 9.91. The highest BCUT2D eigenvalue weighted by atomic mass is 16.5. The molecule has 3 rings (SSSR count). The fraction of sp³-hybridized carbons (Fsp3) is 0.292. The monoisotopic (exact) mass is 423 g/mol. The van der Waals surface area contributed by atoms with Crippen molar-refractivity contribution in [2.75, 3.05) is 13.7 Å². The minimum Gasteiger partial charge on any atom is -0.467 e. The Bertz CT molecular complexity index is 1090. The zero-order chi connectivity index (χ0) is 22.4. The molecule has 31 heavy (non-hydrogen) atoms. The molecule has 162 valence electrons. The van der Waals surface area contributed by atoms with Gasteiger partial charge in [-0.25, -0.2) is 4.79 Å². The van der Waals surface area contributed by atoms with Crippen LogP contribution in [0.15, 0.2) is 53.1 Å². The van der Waals surface area contributed by atoms with Gasteiger partial charge in [0.2, 0.25) is 0 Å². The van der Waals surface area contributed by atoms with Crippen molar-refractivity contribution in [1.29, 1.82) is 0 Å². The van der Waals surface area contributed by atoms with Gasteiger partial charge < -0.3 is 19.2 Å². The van der Waals surface area contributed by atoms with Crippen molar-refractivity contribution in [3.63, 3.8) is 0 Å². The van der Waals surface area contributed by atoms with Gasteiger partial charge in [0.1, 0.15) is 11.6 Å². The maximum Gasteiger partial charge on any atom is 0.328 e. The first kappa shape index (κ1) is 22.1. The number of hydrogen-bond donors (Lipinski definition) is 1. The van der Waals surface area contributed by atoms with Gasteiger partial charge in [0, 0.05) is 17.4 Å². The van der Waals surface area contributed by atoms with E-state index in [4.69, 9.17) is 13.9 Å². The fourth-order valence-electron chi connectivity index (χ4n) is 3.25. The summed E-state index contributed by atoms with van der Waals surface area (Å²) in [6, 6.07) is 12.3. The SMILES string of the molecule is COC(=O)C(Cc1ccccc1)NC(=O)COC(=O)Cc1coc2cc(C)c(C)cc12. The Morgan fingerprint density at radius 1 is 1.06 bits per heavy atom. The zero-order valence-electron chi connectivity index (χ0n) is 17.8. The number of methoxy groups -OCH3 is 1. The molecule has 1 aromatic heterocycles. The molecule has 0 saturated heterocycles. The van der Waals surface area contributed by atoms with E-state index in [2.05, 4.69) is 5.32 Å². The smallest absolute Gasteiger partial charge is 0.328 e. The number of nitrogens with one attached hydrogen (secondary N) is 1. The summed E-state index contributed by atoms with van der Waals surface area (Å²) in [6.45, 7) is 3.49. The number of aryl methyl sites for hydroxylation is 2. The summed E-state index contributed by atoms with van der Waals surface area (Å²) in [5.41, 5.74) is 4.46. The summed E-state index contributed by atoms with van der Waals surface area (Å²) in [5, 5.41) is 3.41. The molecular formula is C24H25NO6. The van der Waals surface area contributed by atoms with Crippen molar-refractivity contribution in [2.45, 2.75) is 32.7 Å². The van der Waals surface area contributed by atoms with Crippen molar-refractivity contribution in [1.82, 2.24) is 5.32 Å². The molecule has 1 heterocycles. The van der Waals surface area contributed by atoms with Crippen molar-refractivity contribution >= 4 is 28.8 Å². The number of amides is 1. The van der Waals surface area contributed by atoms with Crippen molar-refractivity contribution in [3.05, 3.63) is 71.0 Å². The molecule has 7 nitrogen and oxygen atoms in total. The molecule has 0 aliphatic rings. The average molecular weight is 423 g/mol. The van der Waals surface area contributed by atoms with Gasteiger partial charge in [-0.2, -0.15) is 0 Å². The molecule has 0 saturated carbocycles. The molecule has 0 aliphatic carbocycles. The van der Waals surface area contributed by atoms with E-state index in [1.807, 2.05) is 56.3 Å². The summed E-state index contributed by atoms with van der Waals surface area (Å²) in [5.74, 6) is -1.71. The quantitative estimate of drug-likeness (QED) is 0.560. The fourth-order valence-corrected chi connectivity index (χ4v) is 3.25. The van der Waals surface area contributed by atoms with E-state index in [1.54, 1.807) is 0 Å². The lowest BCUT2D eigenvalue weighted by Gasteiger charge is -2.16. The Morgan fingerprint density at radius 2 is 1.77 bits per heavy atom. The second kappa shape index (κ2) is 9.93. The molecule has 7 heteroatoms. The number of rotatable bonds is 8. The second-order valence-electron chi connectivity index (χ2n) is 7.36. The second-order valence-corrected chi connectivity index (χ2v) is 7.36. The largest absolute Gasteiger partial charge is 0.467 e. The Morgan fingerprint density at radius 3 is 2.48 bits per heavy atom. The summed E-state index contributed by atoms with van der Waals surface area (Å²) in [4.78, 5) is 36.5. The van der Waals surface area contributed by atoms with E-state index < -0.39 is 30.5 Å². The van der Waals surface area contributed by atoms with Gasteiger partial charge in [0.05, 0.1) is 19.8 Å². The lowest BCUT2D eigenvalue weighted by Crippen LogP contribution is -2.44. The number of esters is 2. The highest BCUT2D eigenvalue weighted by Crippen LogP contribution is 2.25. The van der Waals surface area contributed by atoms with E-state index in [9.17, 15) is 14.4 Å². The highest BCUT2D eigenvalue weighted by molar-refractivity contribution is 5.89. The molecule has 0 bridgehead atoms. The number of carbonyl (C=O) groups is 3. The van der Waals surface area contributed by atoms with Gasteiger partial charge in [-0.3, -0.25) is 9.59 Å². The Balaban J connectivity index is 1.56. The molecule has 1 amide bonds. The average Bonchev–Trinajstić information content (AvgIpc) is 3.13. The van der Waals surface area contributed by atoms with Crippen LogP contribution in [0.3, 0.4) is 0 Å². The van der Waals surface area contributed by atoms with Gasteiger partial charge in [-0.1, -0.05) is 30.3 Å². The van der Waals surface area contributed by atoms with E-state index in [0.717, 1.165) is 22.1 Å². The first-order chi connectivity index (χ1) is 14.9. The summed E-state index contributed by atoms with van der Waals surface area (Å²) in [7, 11) is 1.25. The third kappa shape index (κ3) is 5.72. The van der Waals surface area contributed by atoms with Crippen LogP contribution in [0, 0.1) is 13.8 Å². The van der Waals surface area contributed by atoms with Crippen LogP contribution in [0.25, 0.3) is 11.0 Å². The van der Waals surface area contributed by atoms with Crippen LogP contribution in [0.4, 0.5) is 0 Å². The molecular weight excluding hydrogens is 398 g/mol. The number of fused-ring (bicyclic) bond motifs is 1. The standard InChI is InChI=1S/C24H25NO6/c1-15-9-19-18(13-30-21(19)10-16(15)2)12-23(27)31-14-22(26)25-20(24(28)29-3)11-17-7-5-4-6-8-17/h4-10,13,20H,11-12,14H2,1-3H3,(H,25,26). The lowest BCUT2D eigenvalue weighted by molar-refractivity contribution is -0.149. The summed E-state index contributed by atoms with van der Waals surface area (Å²) in [6.07, 6.45) is 1.78. The Labute approximate surface area is 180 Å². The van der Waals surface area contributed by atoms with Crippen LogP contribution < -0.4 is 5.32 Å². The van der Waals surface area contributed by atoms with Crippen LogP contribution in [-0.2, 0) is 36.7 Å². The van der Waals surface area contributed by atoms with E-state index >= 15 is 0 Å². The van der Waals surface area contributed by atoms with Gasteiger partial charge in [-0.15, -0.1) is 0 Å². The third-order valence-electron chi connectivity index (χ3n) is 5.07. The molecule has 1 N–H and O–H groups in total. The maximum atomic E-state index is 12.3. The molecule has 3 aromatic rings. The molecule has 2 aromatic carbocycles. The van der Waals surface area contributed by atoms with Crippen LogP contribution in [-0.4, -0.2) is 37.6 Å². The first-order valence-corrected chi connectivity index (χ1v) is 9.91. The molecule has 0 fully saturated rings. The molecule has 0 radical (unpaired) electrons. The van der Waals surface area contributed by atoms with Gasteiger partial charge >= 0.3 is 11.9 Å². The molecule has 1 unspecified atom stereocenters. The van der Waals surface area contributed by atoms with Crippen molar-refractivity contribution < 1.29 is 28.3 Å². The molecule has 0 spiro atoms. The van der Waals surface area contributed by atoms with Gasteiger partial charge in [0.15, 0.2) is 6.61 Å². The number of benzene rings is 2. The molecule has 0 aliphatic heterocycles. The minimum absolute atomic E-state index is 0.0206. The maximum absolute atomic E-state index is 12.3. The van der Waals surface area contributed by atoms with E-state index in [-0.39, 0.29) is 12.8 Å². The van der Waals surface area contributed by atoms with E-state index in [0.29, 0.717) is 11.1 Å². The lowest BCUT2D eigenvalue weighted by atomic mass is 10.0. The zero-order valence-corrected chi connectivity index (χ0v) is 17.8.